The molecular formula is C13H17F2N3O2. The minimum atomic E-state index is -1.22. The molecule has 0 aromatic heterocycles. The van der Waals surface area contributed by atoms with Crippen molar-refractivity contribution in [1.29, 1.82) is 0 Å². The predicted octanol–water partition coefficient (Wildman–Crippen LogP) is 0.843. The highest BCUT2D eigenvalue weighted by Crippen LogP contribution is 2.19. The van der Waals surface area contributed by atoms with E-state index in [0.29, 0.717) is 19.2 Å². The molecule has 0 saturated carbocycles. The van der Waals surface area contributed by atoms with Crippen molar-refractivity contribution in [2.24, 2.45) is 0 Å². The molecule has 0 bridgehead atoms. The second kappa shape index (κ2) is 6.25. The number of aliphatic carboxylic acids is 1. The Hall–Kier alpha value is -1.57. The van der Waals surface area contributed by atoms with E-state index < -0.39 is 23.6 Å². The van der Waals surface area contributed by atoms with Crippen molar-refractivity contribution in [3.63, 3.8) is 0 Å². The summed E-state index contributed by atoms with van der Waals surface area (Å²) in [5, 5.41) is 11.0. The maximum atomic E-state index is 13.7. The molecule has 1 aliphatic heterocycles. The Labute approximate surface area is 115 Å². The van der Waals surface area contributed by atoms with Gasteiger partial charge < -0.3 is 10.0 Å². The van der Waals surface area contributed by atoms with Crippen LogP contribution in [0.5, 0.6) is 0 Å². The smallest absolute Gasteiger partial charge is 0.326 e. The van der Waals surface area contributed by atoms with Crippen molar-refractivity contribution in [1.82, 2.24) is 15.3 Å². The van der Waals surface area contributed by atoms with Crippen LogP contribution in [0.1, 0.15) is 11.6 Å². The molecule has 5 nitrogen and oxygen atoms in total. The van der Waals surface area contributed by atoms with E-state index >= 15 is 0 Å². The number of hydrogen-bond acceptors (Lipinski definition) is 4. The van der Waals surface area contributed by atoms with Crippen molar-refractivity contribution in [2.75, 3.05) is 33.2 Å². The quantitative estimate of drug-likeness (QED) is 0.858. The van der Waals surface area contributed by atoms with E-state index in [2.05, 4.69) is 10.3 Å². The zero-order valence-corrected chi connectivity index (χ0v) is 11.1. The van der Waals surface area contributed by atoms with Gasteiger partial charge in [-0.15, -0.1) is 0 Å². The van der Waals surface area contributed by atoms with Crippen LogP contribution in [0.25, 0.3) is 0 Å². The lowest BCUT2D eigenvalue weighted by Crippen LogP contribution is -2.52. The van der Waals surface area contributed by atoms with Crippen LogP contribution < -0.4 is 5.43 Å². The number of rotatable bonds is 4. The van der Waals surface area contributed by atoms with Crippen molar-refractivity contribution in [3.8, 4) is 0 Å². The lowest BCUT2D eigenvalue weighted by atomic mass is 10.1. The second-order valence-corrected chi connectivity index (χ2v) is 4.86. The number of carboxylic acids is 1. The van der Waals surface area contributed by atoms with Gasteiger partial charge in [0.15, 0.2) is 0 Å². The molecule has 1 atom stereocenters. The van der Waals surface area contributed by atoms with E-state index in [4.69, 9.17) is 0 Å². The predicted molar refractivity (Wildman–Crippen MR) is 68.9 cm³/mol. The Bertz CT molecular complexity index is 491. The monoisotopic (exact) mass is 285 g/mol. The van der Waals surface area contributed by atoms with Gasteiger partial charge in [-0.2, -0.15) is 0 Å². The number of carboxylic acid groups (broad SMARTS) is 1. The Kier molecular flexibility index (Phi) is 4.64. The van der Waals surface area contributed by atoms with Crippen molar-refractivity contribution in [3.05, 3.63) is 35.4 Å². The fraction of sp³-hybridized carbons (Fsp3) is 0.462. The molecule has 0 radical (unpaired) electrons. The van der Waals surface area contributed by atoms with Crippen LogP contribution in [0.3, 0.4) is 0 Å². The number of hydrogen-bond donors (Lipinski definition) is 2. The van der Waals surface area contributed by atoms with Crippen LogP contribution in [0.15, 0.2) is 18.2 Å². The number of piperazine rings is 1. The third-order valence-electron chi connectivity index (χ3n) is 3.34. The summed E-state index contributed by atoms with van der Waals surface area (Å²) in [6, 6.07) is 1.68. The third-order valence-corrected chi connectivity index (χ3v) is 3.34. The molecular weight excluding hydrogens is 268 g/mol. The fourth-order valence-electron chi connectivity index (χ4n) is 2.11. The molecule has 0 spiro atoms. The highest BCUT2D eigenvalue weighted by atomic mass is 19.1. The summed E-state index contributed by atoms with van der Waals surface area (Å²) in [4.78, 5) is 13.4. The second-order valence-electron chi connectivity index (χ2n) is 4.86. The number of likely N-dealkylation sites (N-methyl/N-ethyl adjacent to an activating group) is 1. The SMILES string of the molecule is CN1CCN(NC(C(=O)O)c2ccc(F)cc2F)CC1. The van der Waals surface area contributed by atoms with Gasteiger partial charge in [-0.05, 0) is 13.1 Å². The van der Waals surface area contributed by atoms with Gasteiger partial charge in [0.1, 0.15) is 17.7 Å². The first-order valence-electron chi connectivity index (χ1n) is 6.35. The molecule has 1 aromatic carbocycles. The highest BCUT2D eigenvalue weighted by Gasteiger charge is 2.26. The highest BCUT2D eigenvalue weighted by molar-refractivity contribution is 5.75. The van der Waals surface area contributed by atoms with Crippen molar-refractivity contribution < 1.29 is 18.7 Å². The van der Waals surface area contributed by atoms with Crippen LogP contribution in [0.2, 0.25) is 0 Å². The molecule has 1 heterocycles. The molecule has 1 aliphatic rings. The molecule has 1 fully saturated rings. The lowest BCUT2D eigenvalue weighted by molar-refractivity contribution is -0.141. The summed E-state index contributed by atoms with van der Waals surface area (Å²) in [5.74, 6) is -2.79. The largest absolute Gasteiger partial charge is 0.480 e. The summed E-state index contributed by atoms with van der Waals surface area (Å²) in [7, 11) is 1.98. The van der Waals surface area contributed by atoms with Crippen LogP contribution in [0, 0.1) is 11.6 Å². The first kappa shape index (κ1) is 14.8. The number of nitrogens with zero attached hydrogens (tertiary/aromatic N) is 2. The topological polar surface area (TPSA) is 55.8 Å². The van der Waals surface area contributed by atoms with Gasteiger partial charge in [-0.1, -0.05) is 6.07 Å². The average Bonchev–Trinajstić information content (AvgIpc) is 2.39. The first-order chi connectivity index (χ1) is 9.47. The molecule has 0 amide bonds. The Morgan fingerprint density at radius 3 is 2.50 bits per heavy atom. The summed E-state index contributed by atoms with van der Waals surface area (Å²) < 4.78 is 26.6. The summed E-state index contributed by atoms with van der Waals surface area (Å²) in [5.41, 5.74) is 2.73. The number of hydrazine groups is 1. The van der Waals surface area contributed by atoms with Crippen LogP contribution in [0.4, 0.5) is 8.78 Å². The molecule has 1 unspecified atom stereocenters. The number of halogens is 2. The van der Waals surface area contributed by atoms with Crippen LogP contribution in [-0.4, -0.2) is 54.2 Å². The average molecular weight is 285 g/mol. The zero-order chi connectivity index (χ0) is 14.7. The number of benzene rings is 1. The molecule has 1 saturated heterocycles. The molecule has 110 valence electrons. The molecule has 20 heavy (non-hydrogen) atoms. The van der Waals surface area contributed by atoms with Gasteiger partial charge in [0, 0.05) is 37.8 Å². The molecule has 1 aromatic rings. The number of carbonyl (C=O) groups is 1. The maximum absolute atomic E-state index is 13.7. The Morgan fingerprint density at radius 2 is 1.95 bits per heavy atom. The fourth-order valence-corrected chi connectivity index (χ4v) is 2.11. The van der Waals surface area contributed by atoms with Gasteiger partial charge in [0.25, 0.3) is 0 Å². The third kappa shape index (κ3) is 3.50. The standard InChI is InChI=1S/C13H17F2N3O2/c1-17-4-6-18(7-5-17)16-12(13(19)20)10-3-2-9(14)8-11(10)15/h2-3,8,12,16H,4-7H2,1H3,(H,19,20). The van der Waals surface area contributed by atoms with E-state index in [1.54, 1.807) is 5.01 Å². The Morgan fingerprint density at radius 1 is 1.30 bits per heavy atom. The van der Waals surface area contributed by atoms with E-state index in [1.807, 2.05) is 7.05 Å². The first-order valence-corrected chi connectivity index (χ1v) is 6.35. The molecule has 7 heteroatoms. The van der Waals surface area contributed by atoms with Gasteiger partial charge >= 0.3 is 5.97 Å². The minimum absolute atomic E-state index is 0.0715. The van der Waals surface area contributed by atoms with Crippen LogP contribution >= 0.6 is 0 Å². The molecule has 0 aliphatic carbocycles. The van der Waals surface area contributed by atoms with E-state index in [-0.39, 0.29) is 5.56 Å². The summed E-state index contributed by atoms with van der Waals surface area (Å²) >= 11 is 0. The minimum Gasteiger partial charge on any atom is -0.480 e. The normalized spacial score (nSPS) is 18.9. The van der Waals surface area contributed by atoms with E-state index in [0.717, 1.165) is 25.2 Å². The van der Waals surface area contributed by atoms with Crippen molar-refractivity contribution in [2.45, 2.75) is 6.04 Å². The summed E-state index contributed by atoms with van der Waals surface area (Å²) in [6.07, 6.45) is 0. The Balaban J connectivity index is 2.13. The van der Waals surface area contributed by atoms with Crippen LogP contribution in [-0.2, 0) is 4.79 Å². The van der Waals surface area contributed by atoms with Gasteiger partial charge in [0.05, 0.1) is 0 Å². The van der Waals surface area contributed by atoms with Gasteiger partial charge in [-0.3, -0.25) is 4.79 Å². The maximum Gasteiger partial charge on any atom is 0.326 e. The number of nitrogens with one attached hydrogen (secondary N) is 1. The zero-order valence-electron chi connectivity index (χ0n) is 11.1. The molecule has 2 rings (SSSR count). The lowest BCUT2D eigenvalue weighted by Gasteiger charge is -2.34. The molecule has 2 N–H and O–H groups in total. The van der Waals surface area contributed by atoms with Gasteiger partial charge in [0.2, 0.25) is 0 Å². The van der Waals surface area contributed by atoms with E-state index in [9.17, 15) is 18.7 Å². The van der Waals surface area contributed by atoms with Gasteiger partial charge in [-0.25, -0.2) is 19.2 Å². The van der Waals surface area contributed by atoms with Crippen molar-refractivity contribution >= 4 is 5.97 Å². The summed E-state index contributed by atoms with van der Waals surface area (Å²) in [6.45, 7) is 2.88. The van der Waals surface area contributed by atoms with E-state index in [1.165, 1.54) is 0 Å².